The lowest BCUT2D eigenvalue weighted by Crippen LogP contribution is -2.07. The lowest BCUT2D eigenvalue weighted by atomic mass is 10.1. The van der Waals surface area contributed by atoms with Gasteiger partial charge in [0, 0.05) is 12.6 Å². The topological polar surface area (TPSA) is 57.0 Å². The Kier molecular flexibility index (Phi) is 3.18. The van der Waals surface area contributed by atoms with Crippen molar-refractivity contribution in [2.24, 2.45) is 7.05 Å². The summed E-state index contributed by atoms with van der Waals surface area (Å²) in [5, 5.41) is 7.71. The summed E-state index contributed by atoms with van der Waals surface area (Å²) in [6.07, 6.45) is 0. The molecule has 1 heterocycles. The SMILES string of the molecule is CCOC(=O)c1nnn(C)c1-c1ccccc1. The lowest BCUT2D eigenvalue weighted by molar-refractivity contribution is 0.0520. The fourth-order valence-corrected chi connectivity index (χ4v) is 1.61. The van der Waals surface area contributed by atoms with Crippen LogP contribution in [0.1, 0.15) is 17.4 Å². The zero-order valence-corrected chi connectivity index (χ0v) is 9.75. The molecule has 0 saturated carbocycles. The van der Waals surface area contributed by atoms with Crippen molar-refractivity contribution in [2.45, 2.75) is 6.92 Å². The van der Waals surface area contributed by atoms with Gasteiger partial charge in [-0.1, -0.05) is 35.5 Å². The molecule has 88 valence electrons. The van der Waals surface area contributed by atoms with Crippen LogP contribution in [0.3, 0.4) is 0 Å². The maximum atomic E-state index is 11.7. The second-order valence-electron chi connectivity index (χ2n) is 3.50. The van der Waals surface area contributed by atoms with Crippen LogP contribution in [0, 0.1) is 0 Å². The van der Waals surface area contributed by atoms with Crippen LogP contribution in [0.15, 0.2) is 30.3 Å². The van der Waals surface area contributed by atoms with E-state index in [-0.39, 0.29) is 5.69 Å². The number of carbonyl (C=O) groups excluding carboxylic acids is 1. The van der Waals surface area contributed by atoms with Crippen molar-refractivity contribution in [2.75, 3.05) is 6.61 Å². The lowest BCUT2D eigenvalue weighted by Gasteiger charge is -2.03. The van der Waals surface area contributed by atoms with Gasteiger partial charge in [-0.3, -0.25) is 0 Å². The van der Waals surface area contributed by atoms with Gasteiger partial charge >= 0.3 is 5.97 Å². The molecule has 0 bridgehead atoms. The van der Waals surface area contributed by atoms with E-state index in [1.807, 2.05) is 30.3 Å². The summed E-state index contributed by atoms with van der Waals surface area (Å²) in [6.45, 7) is 2.08. The first-order valence-corrected chi connectivity index (χ1v) is 5.36. The van der Waals surface area contributed by atoms with Crippen molar-refractivity contribution in [3.8, 4) is 11.3 Å². The fraction of sp³-hybridized carbons (Fsp3) is 0.250. The van der Waals surface area contributed by atoms with Gasteiger partial charge in [0.1, 0.15) is 5.69 Å². The van der Waals surface area contributed by atoms with Crippen LogP contribution in [-0.4, -0.2) is 27.6 Å². The molecule has 2 aromatic rings. The molecule has 5 nitrogen and oxygen atoms in total. The predicted octanol–water partition coefficient (Wildman–Crippen LogP) is 1.66. The van der Waals surface area contributed by atoms with E-state index in [0.29, 0.717) is 12.3 Å². The molecule has 1 aromatic carbocycles. The molecule has 0 fully saturated rings. The summed E-state index contributed by atoms with van der Waals surface area (Å²) < 4.78 is 6.52. The van der Waals surface area contributed by atoms with Crippen LogP contribution in [0.5, 0.6) is 0 Å². The van der Waals surface area contributed by atoms with Crippen molar-refractivity contribution in [1.82, 2.24) is 15.0 Å². The van der Waals surface area contributed by atoms with E-state index in [2.05, 4.69) is 10.3 Å². The maximum Gasteiger partial charge on any atom is 0.361 e. The molecule has 0 unspecified atom stereocenters. The smallest absolute Gasteiger partial charge is 0.361 e. The van der Waals surface area contributed by atoms with Crippen LogP contribution in [0.4, 0.5) is 0 Å². The third-order valence-electron chi connectivity index (χ3n) is 2.34. The number of esters is 1. The average molecular weight is 231 g/mol. The van der Waals surface area contributed by atoms with E-state index in [1.165, 1.54) is 0 Å². The summed E-state index contributed by atoms with van der Waals surface area (Å²) in [5.41, 5.74) is 1.81. The molecule has 0 amide bonds. The minimum absolute atomic E-state index is 0.251. The fourth-order valence-electron chi connectivity index (χ4n) is 1.61. The second kappa shape index (κ2) is 4.78. The van der Waals surface area contributed by atoms with Crippen LogP contribution < -0.4 is 0 Å². The highest BCUT2D eigenvalue weighted by molar-refractivity contribution is 5.94. The zero-order chi connectivity index (χ0) is 12.3. The number of aromatic nitrogens is 3. The predicted molar refractivity (Wildman–Crippen MR) is 62.4 cm³/mol. The molecule has 0 aliphatic carbocycles. The van der Waals surface area contributed by atoms with Crippen molar-refractivity contribution in [3.63, 3.8) is 0 Å². The molecule has 1 aromatic heterocycles. The Hall–Kier alpha value is -2.17. The van der Waals surface area contributed by atoms with Gasteiger partial charge in [0.25, 0.3) is 0 Å². The maximum absolute atomic E-state index is 11.7. The summed E-state index contributed by atoms with van der Waals surface area (Å²) in [6, 6.07) is 9.52. The number of rotatable bonds is 3. The van der Waals surface area contributed by atoms with Gasteiger partial charge in [0.05, 0.1) is 6.61 Å². The molecule has 0 aliphatic heterocycles. The molecular weight excluding hydrogens is 218 g/mol. The Morgan fingerprint density at radius 1 is 1.35 bits per heavy atom. The van der Waals surface area contributed by atoms with Crippen molar-refractivity contribution in [3.05, 3.63) is 36.0 Å². The zero-order valence-electron chi connectivity index (χ0n) is 9.75. The monoisotopic (exact) mass is 231 g/mol. The number of hydrogen-bond donors (Lipinski definition) is 0. The molecule has 0 atom stereocenters. The van der Waals surface area contributed by atoms with Gasteiger partial charge in [-0.05, 0) is 6.92 Å². The molecule has 0 radical (unpaired) electrons. The molecule has 2 rings (SSSR count). The molecule has 17 heavy (non-hydrogen) atoms. The number of benzene rings is 1. The second-order valence-corrected chi connectivity index (χ2v) is 3.50. The first-order chi connectivity index (χ1) is 8.24. The normalized spacial score (nSPS) is 10.2. The highest BCUT2D eigenvalue weighted by atomic mass is 16.5. The first kappa shape index (κ1) is 11.3. The van der Waals surface area contributed by atoms with E-state index in [0.717, 1.165) is 5.56 Å². The molecule has 0 spiro atoms. The van der Waals surface area contributed by atoms with E-state index >= 15 is 0 Å². The van der Waals surface area contributed by atoms with Gasteiger partial charge in [0.2, 0.25) is 0 Å². The standard InChI is InChI=1S/C12H13N3O2/c1-3-17-12(16)10-11(15(2)14-13-10)9-7-5-4-6-8-9/h4-8H,3H2,1-2H3. The third kappa shape index (κ3) is 2.18. The van der Waals surface area contributed by atoms with E-state index in [9.17, 15) is 4.79 Å². The van der Waals surface area contributed by atoms with Crippen LogP contribution >= 0.6 is 0 Å². The summed E-state index contributed by atoms with van der Waals surface area (Å²) in [4.78, 5) is 11.7. The van der Waals surface area contributed by atoms with E-state index < -0.39 is 5.97 Å². The third-order valence-corrected chi connectivity index (χ3v) is 2.34. The Morgan fingerprint density at radius 3 is 2.71 bits per heavy atom. The van der Waals surface area contributed by atoms with E-state index in [4.69, 9.17) is 4.74 Å². The Balaban J connectivity index is 2.47. The van der Waals surface area contributed by atoms with E-state index in [1.54, 1.807) is 18.7 Å². The minimum atomic E-state index is -0.445. The number of hydrogen-bond acceptors (Lipinski definition) is 4. The summed E-state index contributed by atoms with van der Waals surface area (Å²) in [5.74, 6) is -0.445. The molecule has 0 aliphatic rings. The minimum Gasteiger partial charge on any atom is -0.461 e. The quantitative estimate of drug-likeness (QED) is 0.754. The Morgan fingerprint density at radius 2 is 2.06 bits per heavy atom. The number of ether oxygens (including phenoxy) is 1. The highest BCUT2D eigenvalue weighted by Gasteiger charge is 2.20. The highest BCUT2D eigenvalue weighted by Crippen LogP contribution is 2.21. The van der Waals surface area contributed by atoms with Crippen molar-refractivity contribution >= 4 is 5.97 Å². The number of nitrogens with zero attached hydrogens (tertiary/aromatic N) is 3. The van der Waals surface area contributed by atoms with Crippen molar-refractivity contribution < 1.29 is 9.53 Å². The largest absolute Gasteiger partial charge is 0.461 e. The van der Waals surface area contributed by atoms with Crippen LogP contribution in [0.2, 0.25) is 0 Å². The van der Waals surface area contributed by atoms with Gasteiger partial charge in [-0.25, -0.2) is 9.48 Å². The number of carbonyl (C=O) groups is 1. The Bertz CT molecular complexity index is 520. The number of aryl methyl sites for hydroxylation is 1. The molecule has 0 N–H and O–H groups in total. The first-order valence-electron chi connectivity index (χ1n) is 5.36. The van der Waals surface area contributed by atoms with Gasteiger partial charge < -0.3 is 4.74 Å². The van der Waals surface area contributed by atoms with Crippen molar-refractivity contribution in [1.29, 1.82) is 0 Å². The van der Waals surface area contributed by atoms with Crippen LogP contribution in [0.25, 0.3) is 11.3 Å². The molecule has 0 saturated heterocycles. The van der Waals surface area contributed by atoms with Gasteiger partial charge in [0.15, 0.2) is 5.69 Å². The van der Waals surface area contributed by atoms with Gasteiger partial charge in [-0.15, -0.1) is 5.10 Å². The van der Waals surface area contributed by atoms with Crippen LogP contribution in [-0.2, 0) is 11.8 Å². The average Bonchev–Trinajstić information content (AvgIpc) is 2.73. The molecular formula is C12H13N3O2. The summed E-state index contributed by atoms with van der Waals surface area (Å²) >= 11 is 0. The Labute approximate surface area is 99.0 Å². The van der Waals surface area contributed by atoms with Gasteiger partial charge in [-0.2, -0.15) is 0 Å². The summed E-state index contributed by atoms with van der Waals surface area (Å²) in [7, 11) is 1.75. The molecule has 5 heteroatoms.